The Balaban J connectivity index is 1.33. The van der Waals surface area contributed by atoms with Crippen molar-refractivity contribution < 1.29 is 4.74 Å². The Morgan fingerprint density at radius 2 is 2.00 bits per heavy atom. The summed E-state index contributed by atoms with van der Waals surface area (Å²) in [6.45, 7) is 2.84. The number of nitrogens with zero attached hydrogens (tertiary/aromatic N) is 5. The highest BCUT2D eigenvalue weighted by atomic mass is 16.5. The zero-order valence-electron chi connectivity index (χ0n) is 15.0. The van der Waals surface area contributed by atoms with E-state index in [-0.39, 0.29) is 0 Å². The molecular formula is C19H27N5O. The Kier molecular flexibility index (Phi) is 4.85. The van der Waals surface area contributed by atoms with E-state index in [4.69, 9.17) is 4.74 Å². The lowest BCUT2D eigenvalue weighted by atomic mass is 10.0. The molecule has 6 nitrogen and oxygen atoms in total. The second kappa shape index (κ2) is 7.42. The van der Waals surface area contributed by atoms with E-state index in [0.717, 1.165) is 31.9 Å². The fourth-order valence-corrected chi connectivity index (χ4v) is 4.06. The van der Waals surface area contributed by atoms with Gasteiger partial charge in [0.25, 0.3) is 0 Å². The van der Waals surface area contributed by atoms with Crippen LogP contribution in [0.15, 0.2) is 24.8 Å². The third-order valence-electron chi connectivity index (χ3n) is 5.43. The minimum absolute atomic E-state index is 0.647. The van der Waals surface area contributed by atoms with E-state index in [1.807, 2.05) is 24.1 Å². The van der Waals surface area contributed by atoms with Crippen LogP contribution in [0.25, 0.3) is 0 Å². The molecular weight excluding hydrogens is 314 g/mol. The molecule has 1 atom stereocenters. The highest BCUT2D eigenvalue weighted by Gasteiger charge is 2.24. The summed E-state index contributed by atoms with van der Waals surface area (Å²) in [5.74, 6) is 2.95. The monoisotopic (exact) mass is 341 g/mol. The maximum Gasteiger partial charge on any atom is 0.234 e. The van der Waals surface area contributed by atoms with Crippen LogP contribution >= 0.6 is 0 Å². The van der Waals surface area contributed by atoms with Gasteiger partial charge in [0.15, 0.2) is 5.82 Å². The van der Waals surface area contributed by atoms with E-state index < -0.39 is 0 Å². The van der Waals surface area contributed by atoms with Crippen LogP contribution in [0.3, 0.4) is 0 Å². The van der Waals surface area contributed by atoms with E-state index in [9.17, 15) is 0 Å². The lowest BCUT2D eigenvalue weighted by molar-refractivity contribution is 0.242. The molecule has 0 radical (unpaired) electrons. The van der Waals surface area contributed by atoms with Crippen molar-refractivity contribution in [3.8, 4) is 5.88 Å². The van der Waals surface area contributed by atoms with Crippen LogP contribution in [-0.2, 0) is 13.5 Å². The van der Waals surface area contributed by atoms with Crippen LogP contribution in [0.4, 0.5) is 5.82 Å². The Labute approximate surface area is 149 Å². The molecule has 2 aromatic heterocycles. The predicted molar refractivity (Wildman–Crippen MR) is 96.7 cm³/mol. The molecule has 0 bridgehead atoms. The van der Waals surface area contributed by atoms with Gasteiger partial charge in [-0.25, -0.2) is 0 Å². The summed E-state index contributed by atoms with van der Waals surface area (Å²) in [4.78, 5) is 11.4. The van der Waals surface area contributed by atoms with Crippen LogP contribution in [-0.4, -0.2) is 39.4 Å². The maximum absolute atomic E-state index is 5.90. The first kappa shape index (κ1) is 16.4. The summed E-state index contributed by atoms with van der Waals surface area (Å²) >= 11 is 0. The van der Waals surface area contributed by atoms with Crippen LogP contribution < -0.4 is 9.64 Å². The van der Waals surface area contributed by atoms with Gasteiger partial charge >= 0.3 is 0 Å². The van der Waals surface area contributed by atoms with Crippen molar-refractivity contribution in [2.45, 2.75) is 38.5 Å². The number of ether oxygens (including phenoxy) is 1. The first-order chi connectivity index (χ1) is 12.3. The van der Waals surface area contributed by atoms with Crippen molar-refractivity contribution in [3.05, 3.63) is 30.4 Å². The average molecular weight is 341 g/mol. The Morgan fingerprint density at radius 3 is 2.80 bits per heavy atom. The molecule has 2 aliphatic rings. The van der Waals surface area contributed by atoms with Crippen molar-refractivity contribution >= 4 is 5.82 Å². The third kappa shape index (κ3) is 4.11. The molecule has 1 saturated heterocycles. The van der Waals surface area contributed by atoms with Crippen molar-refractivity contribution in [2.75, 3.05) is 24.6 Å². The number of hydrogen-bond acceptors (Lipinski definition) is 5. The van der Waals surface area contributed by atoms with Crippen molar-refractivity contribution in [1.82, 2.24) is 19.7 Å². The smallest absolute Gasteiger partial charge is 0.234 e. The summed E-state index contributed by atoms with van der Waals surface area (Å²) in [7, 11) is 1.97. The molecule has 0 N–H and O–H groups in total. The van der Waals surface area contributed by atoms with Crippen LogP contribution in [0.2, 0.25) is 0 Å². The van der Waals surface area contributed by atoms with E-state index in [1.165, 1.54) is 37.7 Å². The molecule has 0 aromatic carbocycles. The van der Waals surface area contributed by atoms with Gasteiger partial charge in [-0.1, -0.05) is 12.8 Å². The second-order valence-corrected chi connectivity index (χ2v) is 7.50. The van der Waals surface area contributed by atoms with Gasteiger partial charge in [0.1, 0.15) is 0 Å². The normalized spacial score (nSPS) is 21.2. The molecule has 1 saturated carbocycles. The number of aromatic nitrogens is 4. The zero-order chi connectivity index (χ0) is 17.1. The SMILES string of the molecule is Cn1cc(CC2CCN(c3cncc(OCC4CCCC4)n3)C2)cn1. The summed E-state index contributed by atoms with van der Waals surface area (Å²) in [5.41, 5.74) is 1.31. The summed E-state index contributed by atoms with van der Waals surface area (Å²) < 4.78 is 7.78. The minimum Gasteiger partial charge on any atom is -0.476 e. The van der Waals surface area contributed by atoms with Gasteiger partial charge in [0, 0.05) is 26.3 Å². The Morgan fingerprint density at radius 1 is 1.12 bits per heavy atom. The summed E-state index contributed by atoms with van der Waals surface area (Å²) in [5, 5.41) is 4.26. The van der Waals surface area contributed by atoms with Crippen LogP contribution in [0.5, 0.6) is 5.88 Å². The van der Waals surface area contributed by atoms with E-state index in [0.29, 0.717) is 17.7 Å². The summed E-state index contributed by atoms with van der Waals surface area (Å²) in [6.07, 6.45) is 15.2. The van der Waals surface area contributed by atoms with Gasteiger partial charge in [0.05, 0.1) is 25.2 Å². The minimum atomic E-state index is 0.647. The number of aryl methyl sites for hydroxylation is 1. The van der Waals surface area contributed by atoms with Gasteiger partial charge < -0.3 is 9.64 Å². The van der Waals surface area contributed by atoms with Crippen molar-refractivity contribution in [2.24, 2.45) is 18.9 Å². The second-order valence-electron chi connectivity index (χ2n) is 7.50. The van der Waals surface area contributed by atoms with Crippen molar-refractivity contribution in [3.63, 3.8) is 0 Å². The molecule has 2 aromatic rings. The lowest BCUT2D eigenvalue weighted by Crippen LogP contribution is -2.22. The Hall–Kier alpha value is -2.11. The molecule has 1 aliphatic heterocycles. The Bertz CT molecular complexity index is 695. The van der Waals surface area contributed by atoms with Gasteiger partial charge in [-0.15, -0.1) is 0 Å². The molecule has 3 heterocycles. The highest BCUT2D eigenvalue weighted by Crippen LogP contribution is 2.27. The first-order valence-electron chi connectivity index (χ1n) is 9.43. The molecule has 25 heavy (non-hydrogen) atoms. The first-order valence-corrected chi connectivity index (χ1v) is 9.43. The largest absolute Gasteiger partial charge is 0.476 e. The molecule has 1 unspecified atom stereocenters. The fraction of sp³-hybridized carbons (Fsp3) is 0.632. The van der Waals surface area contributed by atoms with Gasteiger partial charge in [0.2, 0.25) is 5.88 Å². The standard InChI is InChI=1S/C19H27N5O/c1-23-12-17(9-21-23)8-16-6-7-24(13-16)18-10-20-11-19(22-18)25-14-15-4-2-3-5-15/h9-12,15-16H,2-8,13-14H2,1H3. The average Bonchev–Trinajstić information content (AvgIpc) is 3.36. The number of anilines is 1. The molecule has 1 aliphatic carbocycles. The van der Waals surface area contributed by atoms with Gasteiger partial charge in [-0.2, -0.15) is 10.1 Å². The molecule has 2 fully saturated rings. The van der Waals surface area contributed by atoms with E-state index in [2.05, 4.69) is 26.2 Å². The third-order valence-corrected chi connectivity index (χ3v) is 5.43. The molecule has 4 rings (SSSR count). The number of hydrogen-bond donors (Lipinski definition) is 0. The quantitative estimate of drug-likeness (QED) is 0.809. The predicted octanol–water partition coefficient (Wildman–Crippen LogP) is 2.85. The van der Waals surface area contributed by atoms with Crippen LogP contribution in [0.1, 0.15) is 37.7 Å². The topological polar surface area (TPSA) is 56.1 Å². The molecule has 0 amide bonds. The molecule has 0 spiro atoms. The van der Waals surface area contributed by atoms with Gasteiger partial charge in [-0.05, 0) is 43.1 Å². The van der Waals surface area contributed by atoms with Crippen molar-refractivity contribution in [1.29, 1.82) is 0 Å². The van der Waals surface area contributed by atoms with Crippen LogP contribution in [0, 0.1) is 11.8 Å². The highest BCUT2D eigenvalue weighted by molar-refractivity contribution is 5.39. The maximum atomic E-state index is 5.90. The van der Waals surface area contributed by atoms with E-state index >= 15 is 0 Å². The van der Waals surface area contributed by atoms with E-state index in [1.54, 1.807) is 6.20 Å². The zero-order valence-corrected chi connectivity index (χ0v) is 15.0. The fourth-order valence-electron chi connectivity index (χ4n) is 4.06. The van der Waals surface area contributed by atoms with Gasteiger partial charge in [-0.3, -0.25) is 9.67 Å². The summed E-state index contributed by atoms with van der Waals surface area (Å²) in [6, 6.07) is 0. The lowest BCUT2D eigenvalue weighted by Gasteiger charge is -2.18. The number of rotatable bonds is 6. The molecule has 6 heteroatoms. The molecule has 134 valence electrons.